The fraction of sp³-hybridized carbons (Fsp3) is 0.600. The van der Waals surface area contributed by atoms with Crippen LogP contribution in [0, 0.1) is 11.8 Å². The zero-order valence-electron chi connectivity index (χ0n) is 11.8. The van der Waals surface area contributed by atoms with Crippen molar-refractivity contribution in [3.8, 4) is 0 Å². The van der Waals surface area contributed by atoms with E-state index in [1.165, 1.54) is 12.5 Å². The zero-order valence-corrected chi connectivity index (χ0v) is 11.8. The highest BCUT2D eigenvalue weighted by Crippen LogP contribution is 2.35. The molecule has 3 atom stereocenters. The van der Waals surface area contributed by atoms with Gasteiger partial charge in [0.2, 0.25) is 0 Å². The van der Waals surface area contributed by atoms with Gasteiger partial charge in [0, 0.05) is 6.04 Å². The van der Waals surface area contributed by atoms with Crippen molar-refractivity contribution < 1.29 is 13.2 Å². The lowest BCUT2D eigenvalue weighted by atomic mass is 9.78. The van der Waals surface area contributed by atoms with Crippen LogP contribution in [-0.4, -0.2) is 6.04 Å². The van der Waals surface area contributed by atoms with Crippen molar-refractivity contribution in [3.63, 3.8) is 0 Å². The van der Waals surface area contributed by atoms with Crippen LogP contribution in [0.4, 0.5) is 24.5 Å². The number of alkyl halides is 3. The highest BCUT2D eigenvalue weighted by molar-refractivity contribution is 5.67. The number of rotatable bonds is 2. The van der Waals surface area contributed by atoms with Crippen molar-refractivity contribution in [2.45, 2.75) is 45.3 Å². The van der Waals surface area contributed by atoms with Crippen molar-refractivity contribution in [2.24, 2.45) is 11.8 Å². The van der Waals surface area contributed by atoms with Gasteiger partial charge in [0.05, 0.1) is 16.9 Å². The molecule has 20 heavy (non-hydrogen) atoms. The Morgan fingerprint density at radius 2 is 1.90 bits per heavy atom. The number of anilines is 2. The van der Waals surface area contributed by atoms with Gasteiger partial charge in [0.1, 0.15) is 0 Å². The predicted octanol–water partition coefficient (Wildman–Crippen LogP) is 4.52. The number of hydrogen-bond acceptors (Lipinski definition) is 2. The molecule has 0 saturated heterocycles. The van der Waals surface area contributed by atoms with E-state index in [4.69, 9.17) is 5.73 Å². The molecule has 0 bridgehead atoms. The maximum atomic E-state index is 12.6. The van der Waals surface area contributed by atoms with E-state index in [0.29, 0.717) is 17.5 Å². The van der Waals surface area contributed by atoms with E-state index in [9.17, 15) is 13.2 Å². The first-order valence-electron chi connectivity index (χ1n) is 7.02. The minimum atomic E-state index is -4.35. The molecule has 0 amide bonds. The van der Waals surface area contributed by atoms with E-state index in [1.54, 1.807) is 0 Å². The summed E-state index contributed by atoms with van der Waals surface area (Å²) >= 11 is 0. The summed E-state index contributed by atoms with van der Waals surface area (Å²) in [5.74, 6) is 1.11. The lowest BCUT2D eigenvalue weighted by molar-refractivity contribution is -0.137. The van der Waals surface area contributed by atoms with Crippen LogP contribution in [0.1, 0.15) is 38.7 Å². The van der Waals surface area contributed by atoms with Gasteiger partial charge in [-0.1, -0.05) is 26.7 Å². The zero-order chi connectivity index (χ0) is 14.9. The Labute approximate surface area is 117 Å². The van der Waals surface area contributed by atoms with E-state index >= 15 is 0 Å². The van der Waals surface area contributed by atoms with Gasteiger partial charge in [-0.15, -0.1) is 0 Å². The molecule has 0 aromatic heterocycles. The van der Waals surface area contributed by atoms with Crippen LogP contribution in [0.3, 0.4) is 0 Å². The predicted molar refractivity (Wildman–Crippen MR) is 75.4 cm³/mol. The average Bonchev–Trinajstić information content (AvgIpc) is 2.36. The summed E-state index contributed by atoms with van der Waals surface area (Å²) in [6.45, 7) is 4.40. The topological polar surface area (TPSA) is 38.0 Å². The molecule has 2 nitrogen and oxygen atoms in total. The van der Waals surface area contributed by atoms with Crippen LogP contribution in [0.5, 0.6) is 0 Å². The minimum Gasteiger partial charge on any atom is -0.397 e. The van der Waals surface area contributed by atoms with Crippen LogP contribution >= 0.6 is 0 Å². The number of nitrogens with two attached hydrogens (primary N) is 1. The van der Waals surface area contributed by atoms with Crippen LogP contribution < -0.4 is 11.1 Å². The van der Waals surface area contributed by atoms with E-state index in [1.807, 2.05) is 0 Å². The van der Waals surface area contributed by atoms with E-state index in [0.717, 1.165) is 25.0 Å². The Kier molecular flexibility index (Phi) is 4.16. The molecule has 1 aromatic rings. The number of halogens is 3. The van der Waals surface area contributed by atoms with Crippen LogP contribution in [-0.2, 0) is 6.18 Å². The molecule has 2 rings (SSSR count). The Bertz CT molecular complexity index is 471. The summed E-state index contributed by atoms with van der Waals surface area (Å²) in [7, 11) is 0. The fourth-order valence-corrected chi connectivity index (χ4v) is 2.86. The summed E-state index contributed by atoms with van der Waals surface area (Å²) in [6.07, 6.45) is -0.961. The van der Waals surface area contributed by atoms with Gasteiger partial charge in [-0.2, -0.15) is 13.2 Å². The molecule has 1 aromatic carbocycles. The second-order valence-electron chi connectivity index (χ2n) is 5.82. The van der Waals surface area contributed by atoms with Crippen molar-refractivity contribution in [2.75, 3.05) is 11.1 Å². The first kappa shape index (κ1) is 15.0. The molecule has 1 aliphatic rings. The van der Waals surface area contributed by atoms with Crippen molar-refractivity contribution in [3.05, 3.63) is 23.8 Å². The normalized spacial score (nSPS) is 27.4. The van der Waals surface area contributed by atoms with Crippen molar-refractivity contribution >= 4 is 11.4 Å². The lowest BCUT2D eigenvalue weighted by Gasteiger charge is -2.35. The first-order chi connectivity index (χ1) is 9.29. The number of benzene rings is 1. The molecule has 1 aliphatic carbocycles. The maximum absolute atomic E-state index is 12.6. The summed E-state index contributed by atoms with van der Waals surface area (Å²) in [5.41, 5.74) is 5.81. The molecule has 3 N–H and O–H groups in total. The molecule has 1 saturated carbocycles. The molecular weight excluding hydrogens is 265 g/mol. The summed E-state index contributed by atoms with van der Waals surface area (Å²) < 4.78 is 37.8. The van der Waals surface area contributed by atoms with E-state index < -0.39 is 11.7 Å². The third-order valence-corrected chi connectivity index (χ3v) is 4.43. The minimum absolute atomic E-state index is 0.158. The van der Waals surface area contributed by atoms with Gasteiger partial charge in [-0.3, -0.25) is 0 Å². The summed E-state index contributed by atoms with van der Waals surface area (Å²) in [4.78, 5) is 0. The van der Waals surface area contributed by atoms with Gasteiger partial charge < -0.3 is 11.1 Å². The molecule has 112 valence electrons. The third kappa shape index (κ3) is 3.19. The van der Waals surface area contributed by atoms with Crippen LogP contribution in [0.15, 0.2) is 18.2 Å². The Balaban J connectivity index is 2.14. The van der Waals surface area contributed by atoms with E-state index in [-0.39, 0.29) is 11.7 Å². The number of hydrogen-bond donors (Lipinski definition) is 2. The number of nitrogens with one attached hydrogen (secondary N) is 1. The summed E-state index contributed by atoms with van der Waals surface area (Å²) in [5, 5.41) is 3.32. The highest BCUT2D eigenvalue weighted by atomic mass is 19.4. The molecule has 0 heterocycles. The molecule has 0 radical (unpaired) electrons. The smallest absolute Gasteiger partial charge is 0.397 e. The Hall–Kier alpha value is -1.39. The highest BCUT2D eigenvalue weighted by Gasteiger charge is 2.31. The van der Waals surface area contributed by atoms with Gasteiger partial charge >= 0.3 is 6.18 Å². The molecule has 1 fully saturated rings. The number of nitrogen functional groups attached to an aromatic ring is 1. The van der Waals surface area contributed by atoms with Crippen molar-refractivity contribution in [1.82, 2.24) is 0 Å². The first-order valence-corrected chi connectivity index (χ1v) is 7.02. The van der Waals surface area contributed by atoms with Crippen LogP contribution in [0.25, 0.3) is 0 Å². The fourth-order valence-electron chi connectivity index (χ4n) is 2.86. The van der Waals surface area contributed by atoms with Gasteiger partial charge in [-0.05, 0) is 36.5 Å². The SMILES string of the molecule is CC1CCCC(Nc2ccc(C(F)(F)F)cc2N)C1C. The maximum Gasteiger partial charge on any atom is 0.416 e. The second kappa shape index (κ2) is 5.54. The van der Waals surface area contributed by atoms with Crippen molar-refractivity contribution in [1.29, 1.82) is 0 Å². The Morgan fingerprint density at radius 3 is 2.50 bits per heavy atom. The molecular formula is C15H21F3N2. The summed E-state index contributed by atoms with van der Waals surface area (Å²) in [6, 6.07) is 3.79. The van der Waals surface area contributed by atoms with E-state index in [2.05, 4.69) is 19.2 Å². The molecule has 3 unspecified atom stereocenters. The van der Waals surface area contributed by atoms with Crippen LogP contribution in [0.2, 0.25) is 0 Å². The monoisotopic (exact) mass is 286 g/mol. The molecule has 0 aliphatic heterocycles. The largest absolute Gasteiger partial charge is 0.416 e. The quantitative estimate of drug-likeness (QED) is 0.784. The second-order valence-corrected chi connectivity index (χ2v) is 5.82. The average molecular weight is 286 g/mol. The van der Waals surface area contributed by atoms with Gasteiger partial charge in [-0.25, -0.2) is 0 Å². The molecule has 0 spiro atoms. The Morgan fingerprint density at radius 1 is 1.20 bits per heavy atom. The third-order valence-electron chi connectivity index (χ3n) is 4.43. The lowest BCUT2D eigenvalue weighted by Crippen LogP contribution is -2.35. The van der Waals surface area contributed by atoms with Gasteiger partial charge in [0.15, 0.2) is 0 Å². The van der Waals surface area contributed by atoms with Gasteiger partial charge in [0.25, 0.3) is 0 Å². The standard InChI is InChI=1S/C15H21F3N2/c1-9-4-3-5-13(10(9)2)20-14-7-6-11(8-12(14)19)15(16,17)18/h6-10,13,20H,3-5,19H2,1-2H3. The molecule has 5 heteroatoms.